The van der Waals surface area contributed by atoms with Gasteiger partial charge in [0.25, 0.3) is 0 Å². The lowest BCUT2D eigenvalue weighted by Gasteiger charge is -2.66. The zero-order chi connectivity index (χ0) is 8.94. The standard InChI is InChI=1S/C12H18O/c13-10-9-11-5-1-3-7-12(10,11)8-4-2-6-11/h1,3,10,13H,2,4-9H2. The molecule has 1 heteroatoms. The van der Waals surface area contributed by atoms with Crippen molar-refractivity contribution in [3.05, 3.63) is 12.2 Å². The van der Waals surface area contributed by atoms with Gasteiger partial charge in [0, 0.05) is 5.41 Å². The minimum Gasteiger partial charge on any atom is -0.392 e. The lowest BCUT2D eigenvalue weighted by atomic mass is 9.39. The fourth-order valence-corrected chi connectivity index (χ4v) is 4.12. The molecule has 3 aliphatic rings. The van der Waals surface area contributed by atoms with Crippen LogP contribution in [0.3, 0.4) is 0 Å². The molecule has 0 aromatic carbocycles. The maximum absolute atomic E-state index is 9.99. The summed E-state index contributed by atoms with van der Waals surface area (Å²) in [7, 11) is 0. The normalized spacial score (nSPS) is 53.5. The Morgan fingerprint density at radius 2 is 1.85 bits per heavy atom. The third-order valence-corrected chi connectivity index (χ3v) is 4.96. The summed E-state index contributed by atoms with van der Waals surface area (Å²) >= 11 is 0. The van der Waals surface area contributed by atoms with Crippen molar-refractivity contribution in [2.45, 2.75) is 51.0 Å². The second-order valence-electron chi connectivity index (χ2n) is 5.24. The average Bonchev–Trinajstić information content (AvgIpc) is 2.15. The first-order valence-corrected chi connectivity index (χ1v) is 5.62. The monoisotopic (exact) mass is 178 g/mol. The fourth-order valence-electron chi connectivity index (χ4n) is 4.12. The Morgan fingerprint density at radius 1 is 1.08 bits per heavy atom. The van der Waals surface area contributed by atoms with E-state index in [9.17, 15) is 5.11 Å². The Kier molecular flexibility index (Phi) is 1.48. The Bertz CT molecular complexity index is 254. The molecule has 0 aromatic rings. The van der Waals surface area contributed by atoms with Crippen molar-refractivity contribution < 1.29 is 5.11 Å². The van der Waals surface area contributed by atoms with Crippen molar-refractivity contribution >= 4 is 0 Å². The molecule has 72 valence electrons. The molecule has 0 heterocycles. The minimum atomic E-state index is 0.0118. The van der Waals surface area contributed by atoms with Gasteiger partial charge in [-0.1, -0.05) is 25.0 Å². The van der Waals surface area contributed by atoms with E-state index in [1.165, 1.54) is 32.1 Å². The van der Waals surface area contributed by atoms with Crippen molar-refractivity contribution in [1.82, 2.24) is 0 Å². The van der Waals surface area contributed by atoms with Crippen LogP contribution in [0.5, 0.6) is 0 Å². The Hall–Kier alpha value is -0.300. The van der Waals surface area contributed by atoms with E-state index < -0.39 is 0 Å². The van der Waals surface area contributed by atoms with Gasteiger partial charge in [0.1, 0.15) is 0 Å². The summed E-state index contributed by atoms with van der Waals surface area (Å²) in [5.74, 6) is 0. The molecule has 0 aromatic heterocycles. The zero-order valence-electron chi connectivity index (χ0n) is 8.13. The summed E-state index contributed by atoms with van der Waals surface area (Å²) in [5.41, 5.74) is 0.847. The SMILES string of the molecule is OC1CC23CC=CCC12CCCC3. The molecule has 3 unspecified atom stereocenters. The molecule has 0 aliphatic heterocycles. The number of hydrogen-bond donors (Lipinski definition) is 1. The number of allylic oxidation sites excluding steroid dienone is 2. The molecule has 2 saturated carbocycles. The van der Waals surface area contributed by atoms with Crippen LogP contribution >= 0.6 is 0 Å². The maximum Gasteiger partial charge on any atom is 0.0610 e. The smallest absolute Gasteiger partial charge is 0.0610 e. The van der Waals surface area contributed by atoms with Gasteiger partial charge in [0.05, 0.1) is 6.10 Å². The topological polar surface area (TPSA) is 20.2 Å². The van der Waals surface area contributed by atoms with E-state index in [-0.39, 0.29) is 6.10 Å². The first kappa shape index (κ1) is 8.05. The number of hydrogen-bond acceptors (Lipinski definition) is 1. The number of rotatable bonds is 0. The highest BCUT2D eigenvalue weighted by Crippen LogP contribution is 2.69. The second kappa shape index (κ2) is 2.38. The minimum absolute atomic E-state index is 0.0118. The van der Waals surface area contributed by atoms with Crippen molar-refractivity contribution in [3.63, 3.8) is 0 Å². The molecule has 13 heavy (non-hydrogen) atoms. The molecule has 1 nitrogen and oxygen atoms in total. The van der Waals surface area contributed by atoms with Gasteiger partial charge in [-0.25, -0.2) is 0 Å². The first-order valence-electron chi connectivity index (χ1n) is 5.62. The van der Waals surface area contributed by atoms with Crippen LogP contribution in [0.4, 0.5) is 0 Å². The van der Waals surface area contributed by atoms with Gasteiger partial charge >= 0.3 is 0 Å². The molecule has 3 atom stereocenters. The average molecular weight is 178 g/mol. The van der Waals surface area contributed by atoms with Gasteiger partial charge in [-0.2, -0.15) is 0 Å². The molecule has 1 N–H and O–H groups in total. The summed E-state index contributed by atoms with van der Waals surface area (Å²) < 4.78 is 0. The second-order valence-corrected chi connectivity index (χ2v) is 5.24. The maximum atomic E-state index is 9.99. The highest BCUT2D eigenvalue weighted by Gasteiger charge is 2.64. The van der Waals surface area contributed by atoms with E-state index in [1.807, 2.05) is 0 Å². The van der Waals surface area contributed by atoms with Crippen molar-refractivity contribution in [2.24, 2.45) is 10.8 Å². The summed E-state index contributed by atoms with van der Waals surface area (Å²) in [6, 6.07) is 0. The molecule has 0 bridgehead atoms. The molecular formula is C12H18O. The highest BCUT2D eigenvalue weighted by molar-refractivity contribution is 5.20. The van der Waals surface area contributed by atoms with E-state index in [0.29, 0.717) is 10.8 Å². The molecule has 3 aliphatic carbocycles. The Balaban J connectivity index is 2.00. The van der Waals surface area contributed by atoms with Gasteiger partial charge in [-0.15, -0.1) is 0 Å². The van der Waals surface area contributed by atoms with Crippen molar-refractivity contribution in [2.75, 3.05) is 0 Å². The van der Waals surface area contributed by atoms with Gasteiger partial charge in [0.15, 0.2) is 0 Å². The fraction of sp³-hybridized carbons (Fsp3) is 0.833. The molecule has 3 rings (SSSR count). The summed E-state index contributed by atoms with van der Waals surface area (Å²) in [6.07, 6.45) is 13.5. The molecule has 0 saturated heterocycles. The van der Waals surface area contributed by atoms with Crippen LogP contribution in [-0.4, -0.2) is 11.2 Å². The molecule has 2 fully saturated rings. The third kappa shape index (κ3) is 0.775. The van der Waals surface area contributed by atoms with Crippen LogP contribution in [-0.2, 0) is 0 Å². The quantitative estimate of drug-likeness (QED) is 0.565. The van der Waals surface area contributed by atoms with E-state index >= 15 is 0 Å². The van der Waals surface area contributed by atoms with Crippen LogP contribution in [0.25, 0.3) is 0 Å². The van der Waals surface area contributed by atoms with Crippen LogP contribution in [0.15, 0.2) is 12.2 Å². The van der Waals surface area contributed by atoms with Crippen molar-refractivity contribution in [1.29, 1.82) is 0 Å². The van der Waals surface area contributed by atoms with Crippen LogP contribution in [0.2, 0.25) is 0 Å². The van der Waals surface area contributed by atoms with Crippen molar-refractivity contribution in [3.8, 4) is 0 Å². The Labute approximate surface area is 79.8 Å². The Morgan fingerprint density at radius 3 is 2.62 bits per heavy atom. The van der Waals surface area contributed by atoms with E-state index in [4.69, 9.17) is 0 Å². The van der Waals surface area contributed by atoms with E-state index in [0.717, 1.165) is 12.8 Å². The van der Waals surface area contributed by atoms with E-state index in [2.05, 4.69) is 12.2 Å². The number of aliphatic hydroxyl groups excluding tert-OH is 1. The summed E-state index contributed by atoms with van der Waals surface area (Å²) in [5, 5.41) is 9.99. The third-order valence-electron chi connectivity index (χ3n) is 4.96. The van der Waals surface area contributed by atoms with Gasteiger partial charge < -0.3 is 5.11 Å². The van der Waals surface area contributed by atoms with E-state index in [1.54, 1.807) is 0 Å². The lowest BCUT2D eigenvalue weighted by Crippen LogP contribution is -2.63. The zero-order valence-corrected chi connectivity index (χ0v) is 8.13. The molecule has 0 radical (unpaired) electrons. The predicted molar refractivity (Wildman–Crippen MR) is 52.3 cm³/mol. The van der Waals surface area contributed by atoms with Crippen LogP contribution in [0, 0.1) is 10.8 Å². The lowest BCUT2D eigenvalue weighted by molar-refractivity contribution is -0.215. The largest absolute Gasteiger partial charge is 0.392 e. The van der Waals surface area contributed by atoms with Gasteiger partial charge in [-0.3, -0.25) is 0 Å². The van der Waals surface area contributed by atoms with Gasteiger partial charge in [0.2, 0.25) is 0 Å². The van der Waals surface area contributed by atoms with Gasteiger partial charge in [-0.05, 0) is 37.5 Å². The van der Waals surface area contributed by atoms with Crippen LogP contribution in [0.1, 0.15) is 44.9 Å². The first-order chi connectivity index (χ1) is 6.29. The molecule has 0 spiro atoms. The van der Waals surface area contributed by atoms with Crippen LogP contribution < -0.4 is 0 Å². The predicted octanol–water partition coefficient (Wildman–Crippen LogP) is 2.65. The molecular weight excluding hydrogens is 160 g/mol. The molecule has 0 amide bonds. The summed E-state index contributed by atoms with van der Waals surface area (Å²) in [6.45, 7) is 0. The highest BCUT2D eigenvalue weighted by atomic mass is 16.3. The summed E-state index contributed by atoms with van der Waals surface area (Å²) in [4.78, 5) is 0. The number of aliphatic hydroxyl groups is 1.